The van der Waals surface area contributed by atoms with Crippen LogP contribution < -0.4 is 32.9 Å². The van der Waals surface area contributed by atoms with Gasteiger partial charge in [-0.15, -0.1) is 0 Å². The van der Waals surface area contributed by atoms with Crippen LogP contribution in [-0.2, 0) is 17.9 Å². The standard InChI is InChI=1S/C24H25ClN6O5/c1-15-13-18(8-9-19(15)36-20(27)3-2-11-26)28-22-29-23(34)30(12-10-21(32)33)24(35)31(22)14-16-4-6-17(25)7-5-16/h2-9,11,13H,10,12,14,26-27H2,1H3,(H,32,33)(H,28,29,34)/b11-2-,20-3+. The van der Waals surface area contributed by atoms with Crippen molar-refractivity contribution in [3.8, 4) is 5.75 Å². The normalized spacial score (nSPS) is 11.6. The van der Waals surface area contributed by atoms with Crippen molar-refractivity contribution in [3.05, 3.63) is 104 Å². The van der Waals surface area contributed by atoms with Crippen LogP contribution in [-0.4, -0.2) is 25.2 Å². The monoisotopic (exact) mass is 512 g/mol. The lowest BCUT2D eigenvalue weighted by molar-refractivity contribution is -0.137. The molecule has 3 aromatic rings. The molecule has 0 saturated heterocycles. The van der Waals surface area contributed by atoms with E-state index in [1.165, 1.54) is 22.9 Å². The molecule has 188 valence electrons. The van der Waals surface area contributed by atoms with E-state index < -0.39 is 23.8 Å². The highest BCUT2D eigenvalue weighted by Gasteiger charge is 2.15. The third kappa shape index (κ3) is 6.76. The van der Waals surface area contributed by atoms with E-state index in [0.29, 0.717) is 16.5 Å². The predicted molar refractivity (Wildman–Crippen MR) is 136 cm³/mol. The number of hydrogen-bond donors (Lipinski definition) is 4. The van der Waals surface area contributed by atoms with Crippen molar-refractivity contribution in [2.75, 3.05) is 5.32 Å². The molecule has 1 heterocycles. The molecule has 0 unspecified atom stereocenters. The highest BCUT2D eigenvalue weighted by molar-refractivity contribution is 6.30. The second-order valence-electron chi connectivity index (χ2n) is 7.67. The summed E-state index contributed by atoms with van der Waals surface area (Å²) in [4.78, 5) is 40.8. The Balaban J connectivity index is 1.98. The predicted octanol–water partition coefficient (Wildman–Crippen LogP) is 2.28. The Morgan fingerprint density at radius 1 is 1.19 bits per heavy atom. The summed E-state index contributed by atoms with van der Waals surface area (Å²) in [6.07, 6.45) is 3.96. The number of aliphatic carboxylic acids is 1. The third-order valence-corrected chi connectivity index (χ3v) is 5.24. The van der Waals surface area contributed by atoms with Crippen molar-refractivity contribution >= 4 is 29.2 Å². The van der Waals surface area contributed by atoms with Gasteiger partial charge < -0.3 is 26.6 Å². The van der Waals surface area contributed by atoms with Crippen molar-refractivity contribution in [2.45, 2.75) is 26.4 Å². The molecule has 0 fully saturated rings. The van der Waals surface area contributed by atoms with Crippen molar-refractivity contribution in [2.24, 2.45) is 11.5 Å². The number of allylic oxidation sites excluding steroid dienone is 2. The molecule has 0 bridgehead atoms. The van der Waals surface area contributed by atoms with Gasteiger partial charge in [0.25, 0.3) is 0 Å². The summed E-state index contributed by atoms with van der Waals surface area (Å²) in [5.74, 6) is -0.508. The van der Waals surface area contributed by atoms with Crippen LogP contribution in [0, 0.1) is 6.92 Å². The molecule has 3 rings (SSSR count). The van der Waals surface area contributed by atoms with Crippen molar-refractivity contribution in [1.29, 1.82) is 0 Å². The first-order chi connectivity index (χ1) is 17.2. The Labute approximate surface area is 210 Å². The quantitative estimate of drug-likeness (QED) is 0.235. The van der Waals surface area contributed by atoms with Gasteiger partial charge >= 0.3 is 17.3 Å². The van der Waals surface area contributed by atoms with Gasteiger partial charge in [0, 0.05) is 17.3 Å². The molecule has 0 amide bonds. The zero-order valence-corrected chi connectivity index (χ0v) is 20.1. The van der Waals surface area contributed by atoms with E-state index in [4.69, 9.17) is 32.9 Å². The van der Waals surface area contributed by atoms with Crippen molar-refractivity contribution < 1.29 is 14.6 Å². The number of carbonyl (C=O) groups is 1. The lowest BCUT2D eigenvalue weighted by atomic mass is 10.2. The largest absolute Gasteiger partial charge is 0.481 e. The fourth-order valence-corrected chi connectivity index (χ4v) is 3.35. The number of halogens is 1. The zero-order chi connectivity index (χ0) is 26.2. The average molecular weight is 513 g/mol. The summed E-state index contributed by atoms with van der Waals surface area (Å²) in [5.41, 5.74) is 11.5. The lowest BCUT2D eigenvalue weighted by Crippen LogP contribution is -2.43. The van der Waals surface area contributed by atoms with E-state index >= 15 is 0 Å². The number of aromatic nitrogens is 3. The number of anilines is 2. The van der Waals surface area contributed by atoms with E-state index in [2.05, 4.69) is 10.3 Å². The van der Waals surface area contributed by atoms with Gasteiger partial charge in [-0.05, 0) is 66.7 Å². The highest BCUT2D eigenvalue weighted by Crippen LogP contribution is 2.24. The average Bonchev–Trinajstić information content (AvgIpc) is 2.82. The van der Waals surface area contributed by atoms with E-state index in [1.54, 1.807) is 49.4 Å². The molecule has 2 aromatic carbocycles. The first-order valence-electron chi connectivity index (χ1n) is 10.8. The number of aryl methyl sites for hydroxylation is 1. The molecule has 0 saturated carbocycles. The maximum Gasteiger partial charge on any atom is 0.354 e. The molecule has 12 heteroatoms. The molecule has 36 heavy (non-hydrogen) atoms. The van der Waals surface area contributed by atoms with Gasteiger partial charge in [-0.3, -0.25) is 9.36 Å². The number of nitrogens with two attached hydrogens (primary N) is 2. The number of carboxylic acids is 1. The number of nitrogens with one attached hydrogen (secondary N) is 1. The molecule has 0 aliphatic heterocycles. The molecule has 1 aromatic heterocycles. The van der Waals surface area contributed by atoms with Gasteiger partial charge in [0.2, 0.25) is 5.95 Å². The minimum atomic E-state index is -1.14. The van der Waals surface area contributed by atoms with Crippen LogP contribution in [0.15, 0.2) is 76.3 Å². The fraction of sp³-hybridized carbons (Fsp3) is 0.167. The van der Waals surface area contributed by atoms with Gasteiger partial charge in [-0.25, -0.2) is 14.2 Å². The number of carboxylic acid groups (broad SMARTS) is 1. The summed E-state index contributed by atoms with van der Waals surface area (Å²) < 4.78 is 7.64. The molecule has 0 aliphatic carbocycles. The maximum atomic E-state index is 13.2. The topological polar surface area (TPSA) is 167 Å². The van der Waals surface area contributed by atoms with Gasteiger partial charge in [-0.1, -0.05) is 23.7 Å². The zero-order valence-electron chi connectivity index (χ0n) is 19.3. The molecule has 0 aliphatic rings. The summed E-state index contributed by atoms with van der Waals surface area (Å²) in [5, 5.41) is 12.5. The summed E-state index contributed by atoms with van der Waals surface area (Å²) in [6, 6.07) is 11.9. The van der Waals surface area contributed by atoms with E-state index in [9.17, 15) is 14.4 Å². The van der Waals surface area contributed by atoms with Gasteiger partial charge in [0.05, 0.1) is 13.0 Å². The molecule has 11 nitrogen and oxygen atoms in total. The Bertz CT molecular complexity index is 1430. The number of nitrogens with zero attached hydrogens (tertiary/aromatic N) is 3. The van der Waals surface area contributed by atoms with E-state index in [0.717, 1.165) is 15.7 Å². The first kappa shape index (κ1) is 26.1. The second kappa shape index (κ2) is 11.8. The van der Waals surface area contributed by atoms with Crippen molar-refractivity contribution in [3.63, 3.8) is 0 Å². The van der Waals surface area contributed by atoms with Crippen LogP contribution >= 0.6 is 11.6 Å². The van der Waals surface area contributed by atoms with Crippen LogP contribution in [0.2, 0.25) is 5.02 Å². The minimum absolute atomic E-state index is 0.00733. The fourth-order valence-electron chi connectivity index (χ4n) is 3.22. The molecule has 0 radical (unpaired) electrons. The second-order valence-corrected chi connectivity index (χ2v) is 8.11. The molecule has 0 atom stereocenters. The minimum Gasteiger partial charge on any atom is -0.481 e. The third-order valence-electron chi connectivity index (χ3n) is 4.98. The Hall–Kier alpha value is -4.51. The Kier molecular flexibility index (Phi) is 8.52. The number of ether oxygens (including phenoxy) is 1. The van der Waals surface area contributed by atoms with Gasteiger partial charge in [-0.2, -0.15) is 4.98 Å². The molecule has 0 spiro atoms. The van der Waals surface area contributed by atoms with Crippen molar-refractivity contribution in [1.82, 2.24) is 14.1 Å². The summed E-state index contributed by atoms with van der Waals surface area (Å²) >= 11 is 5.96. The Morgan fingerprint density at radius 2 is 1.92 bits per heavy atom. The number of hydrogen-bond acceptors (Lipinski definition) is 8. The smallest absolute Gasteiger partial charge is 0.354 e. The van der Waals surface area contributed by atoms with Crippen LogP contribution in [0.4, 0.5) is 11.6 Å². The van der Waals surface area contributed by atoms with E-state index in [-0.39, 0.29) is 24.9 Å². The van der Waals surface area contributed by atoms with Gasteiger partial charge in [0.1, 0.15) is 5.75 Å². The maximum absolute atomic E-state index is 13.2. The van der Waals surface area contributed by atoms with Crippen LogP contribution in [0.1, 0.15) is 17.5 Å². The highest BCUT2D eigenvalue weighted by atomic mass is 35.5. The van der Waals surface area contributed by atoms with Crippen LogP contribution in [0.5, 0.6) is 5.75 Å². The molecular weight excluding hydrogens is 488 g/mol. The molecular formula is C24H25ClN6O5. The summed E-state index contributed by atoms with van der Waals surface area (Å²) in [7, 11) is 0. The molecule has 6 N–H and O–H groups in total. The van der Waals surface area contributed by atoms with Crippen LogP contribution in [0.25, 0.3) is 0 Å². The van der Waals surface area contributed by atoms with E-state index in [1.807, 2.05) is 0 Å². The lowest BCUT2D eigenvalue weighted by Gasteiger charge is -2.16. The SMILES string of the molecule is Cc1cc(Nc2nc(=O)n(CCC(=O)O)c(=O)n2Cc2ccc(Cl)cc2)ccc1O/C(N)=C/C=C\N. The first-order valence-corrected chi connectivity index (χ1v) is 11.1. The van der Waals surface area contributed by atoms with Gasteiger partial charge in [0.15, 0.2) is 5.88 Å². The number of rotatable bonds is 10. The number of benzene rings is 2. The Morgan fingerprint density at radius 3 is 2.56 bits per heavy atom. The summed E-state index contributed by atoms with van der Waals surface area (Å²) in [6.45, 7) is 1.56. The van der Waals surface area contributed by atoms with Crippen LogP contribution in [0.3, 0.4) is 0 Å².